The molecule has 0 radical (unpaired) electrons. The summed E-state index contributed by atoms with van der Waals surface area (Å²) in [5.41, 5.74) is 0.682. The molecule has 1 amide bonds. The predicted octanol–water partition coefficient (Wildman–Crippen LogP) is 1.98. The largest absolute Gasteiger partial charge is 0.508 e. The Morgan fingerprint density at radius 3 is 2.50 bits per heavy atom. The molecule has 0 heterocycles. The van der Waals surface area contributed by atoms with Crippen LogP contribution in [0.3, 0.4) is 0 Å². The van der Waals surface area contributed by atoms with E-state index < -0.39 is 6.09 Å². The summed E-state index contributed by atoms with van der Waals surface area (Å²) in [6.07, 6.45) is -0.404. The second-order valence-electron chi connectivity index (χ2n) is 2.77. The van der Waals surface area contributed by atoms with Gasteiger partial charge in [0, 0.05) is 12.7 Å². The van der Waals surface area contributed by atoms with Crippen LogP contribution in [-0.4, -0.2) is 24.9 Å². The van der Waals surface area contributed by atoms with Gasteiger partial charge in [-0.1, -0.05) is 0 Å². The van der Waals surface area contributed by atoms with Gasteiger partial charge in [0.15, 0.2) is 0 Å². The van der Waals surface area contributed by atoms with E-state index >= 15 is 0 Å². The third-order valence-corrected chi connectivity index (χ3v) is 1.78. The molecular weight excluding hydrogens is 182 g/mol. The number of hydrogen-bond donors (Lipinski definition) is 1. The number of carbonyl (C=O) groups excluding carboxylic acids is 1. The van der Waals surface area contributed by atoms with Crippen LogP contribution >= 0.6 is 0 Å². The highest BCUT2D eigenvalue weighted by Crippen LogP contribution is 2.17. The minimum absolute atomic E-state index is 0.172. The van der Waals surface area contributed by atoms with Gasteiger partial charge >= 0.3 is 6.09 Å². The van der Waals surface area contributed by atoms with Crippen LogP contribution in [-0.2, 0) is 4.74 Å². The van der Waals surface area contributed by atoms with Crippen molar-refractivity contribution in [1.29, 1.82) is 0 Å². The number of rotatable bonds is 2. The highest BCUT2D eigenvalue weighted by molar-refractivity contribution is 5.86. The SMILES string of the molecule is CCOC(=O)N(C)c1ccc(O)cc1. The topological polar surface area (TPSA) is 49.8 Å². The quantitative estimate of drug-likeness (QED) is 0.785. The number of anilines is 1. The zero-order valence-corrected chi connectivity index (χ0v) is 8.23. The molecule has 0 aliphatic rings. The van der Waals surface area contributed by atoms with Crippen molar-refractivity contribution in [2.24, 2.45) is 0 Å². The summed E-state index contributed by atoms with van der Waals surface area (Å²) < 4.78 is 4.81. The Morgan fingerprint density at radius 1 is 1.43 bits per heavy atom. The molecular formula is C10H13NO3. The maximum atomic E-state index is 11.3. The molecule has 0 fully saturated rings. The minimum Gasteiger partial charge on any atom is -0.508 e. The highest BCUT2D eigenvalue weighted by Gasteiger charge is 2.10. The van der Waals surface area contributed by atoms with E-state index in [-0.39, 0.29) is 5.75 Å². The molecule has 4 nitrogen and oxygen atoms in total. The number of amides is 1. The average Bonchev–Trinajstić information content (AvgIpc) is 2.18. The van der Waals surface area contributed by atoms with Gasteiger partial charge in [-0.3, -0.25) is 4.90 Å². The maximum Gasteiger partial charge on any atom is 0.413 e. The first kappa shape index (κ1) is 10.4. The Kier molecular flexibility index (Phi) is 3.34. The first-order valence-corrected chi connectivity index (χ1v) is 4.34. The van der Waals surface area contributed by atoms with Crippen LogP contribution in [0.5, 0.6) is 5.75 Å². The first-order valence-electron chi connectivity index (χ1n) is 4.34. The van der Waals surface area contributed by atoms with Crippen LogP contribution in [0.15, 0.2) is 24.3 Å². The zero-order chi connectivity index (χ0) is 10.6. The fourth-order valence-corrected chi connectivity index (χ4v) is 1.00. The van der Waals surface area contributed by atoms with Gasteiger partial charge in [-0.05, 0) is 31.2 Å². The van der Waals surface area contributed by atoms with Gasteiger partial charge in [-0.25, -0.2) is 4.79 Å². The summed E-state index contributed by atoms with van der Waals surface area (Å²) in [6, 6.07) is 6.33. The molecule has 0 unspecified atom stereocenters. The Labute approximate surface area is 82.7 Å². The van der Waals surface area contributed by atoms with E-state index in [4.69, 9.17) is 9.84 Å². The zero-order valence-electron chi connectivity index (χ0n) is 8.23. The van der Waals surface area contributed by atoms with E-state index in [9.17, 15) is 4.79 Å². The van der Waals surface area contributed by atoms with Crippen LogP contribution < -0.4 is 4.90 Å². The number of hydrogen-bond acceptors (Lipinski definition) is 3. The molecule has 0 spiro atoms. The smallest absolute Gasteiger partial charge is 0.413 e. The highest BCUT2D eigenvalue weighted by atomic mass is 16.6. The fourth-order valence-electron chi connectivity index (χ4n) is 1.00. The lowest BCUT2D eigenvalue weighted by Gasteiger charge is -2.16. The Bertz CT molecular complexity index is 308. The number of benzene rings is 1. The lowest BCUT2D eigenvalue weighted by molar-refractivity contribution is 0.161. The second-order valence-corrected chi connectivity index (χ2v) is 2.77. The van der Waals surface area contributed by atoms with Crippen LogP contribution in [0.25, 0.3) is 0 Å². The van der Waals surface area contributed by atoms with Crippen molar-refractivity contribution in [3.05, 3.63) is 24.3 Å². The molecule has 0 aromatic heterocycles. The standard InChI is InChI=1S/C10H13NO3/c1-3-14-10(13)11(2)8-4-6-9(12)7-5-8/h4-7,12H,3H2,1-2H3. The molecule has 0 aliphatic heterocycles. The van der Waals surface area contributed by atoms with Gasteiger partial charge in [0.1, 0.15) is 5.75 Å². The molecule has 0 bridgehead atoms. The molecule has 0 aliphatic carbocycles. The Morgan fingerprint density at radius 2 is 2.00 bits per heavy atom. The van der Waals surface area contributed by atoms with E-state index in [2.05, 4.69) is 0 Å². The number of phenols is 1. The molecule has 1 aromatic carbocycles. The number of ether oxygens (including phenoxy) is 1. The van der Waals surface area contributed by atoms with Crippen molar-refractivity contribution in [3.8, 4) is 5.75 Å². The molecule has 76 valence electrons. The van der Waals surface area contributed by atoms with E-state index in [0.29, 0.717) is 12.3 Å². The van der Waals surface area contributed by atoms with Crippen molar-refractivity contribution in [2.75, 3.05) is 18.6 Å². The van der Waals surface area contributed by atoms with Crippen molar-refractivity contribution in [2.45, 2.75) is 6.92 Å². The predicted molar refractivity (Wildman–Crippen MR) is 53.5 cm³/mol. The van der Waals surface area contributed by atoms with Crippen molar-refractivity contribution in [3.63, 3.8) is 0 Å². The molecule has 1 N–H and O–H groups in total. The molecule has 0 saturated heterocycles. The third-order valence-electron chi connectivity index (χ3n) is 1.78. The normalized spacial score (nSPS) is 9.57. The van der Waals surface area contributed by atoms with Gasteiger partial charge in [-0.15, -0.1) is 0 Å². The van der Waals surface area contributed by atoms with Crippen molar-refractivity contribution >= 4 is 11.8 Å². The van der Waals surface area contributed by atoms with Gasteiger partial charge in [0.2, 0.25) is 0 Å². The Hall–Kier alpha value is -1.71. The summed E-state index contributed by atoms with van der Waals surface area (Å²) in [7, 11) is 1.62. The van der Waals surface area contributed by atoms with E-state index in [1.165, 1.54) is 17.0 Å². The van der Waals surface area contributed by atoms with E-state index in [1.54, 1.807) is 26.1 Å². The maximum absolute atomic E-state index is 11.3. The van der Waals surface area contributed by atoms with Crippen molar-refractivity contribution in [1.82, 2.24) is 0 Å². The molecule has 4 heteroatoms. The fraction of sp³-hybridized carbons (Fsp3) is 0.300. The van der Waals surface area contributed by atoms with Gasteiger partial charge in [0.05, 0.1) is 6.61 Å². The summed E-state index contributed by atoms with van der Waals surface area (Å²) in [5, 5.41) is 9.05. The number of carbonyl (C=O) groups is 1. The molecule has 14 heavy (non-hydrogen) atoms. The summed E-state index contributed by atoms with van der Waals surface area (Å²) in [6.45, 7) is 2.10. The summed E-state index contributed by atoms with van der Waals surface area (Å²) in [4.78, 5) is 12.6. The van der Waals surface area contributed by atoms with Crippen LogP contribution in [0, 0.1) is 0 Å². The minimum atomic E-state index is -0.404. The summed E-state index contributed by atoms with van der Waals surface area (Å²) in [5.74, 6) is 0.172. The second kappa shape index (κ2) is 4.50. The number of nitrogens with zero attached hydrogens (tertiary/aromatic N) is 1. The molecule has 1 aromatic rings. The Balaban J connectivity index is 2.73. The number of aromatic hydroxyl groups is 1. The monoisotopic (exact) mass is 195 g/mol. The number of phenolic OH excluding ortho intramolecular Hbond substituents is 1. The van der Waals surface area contributed by atoms with E-state index in [1.807, 2.05) is 0 Å². The summed E-state index contributed by atoms with van der Waals surface area (Å²) >= 11 is 0. The van der Waals surface area contributed by atoms with Gasteiger partial charge in [-0.2, -0.15) is 0 Å². The van der Waals surface area contributed by atoms with Crippen LogP contribution in [0.2, 0.25) is 0 Å². The third kappa shape index (κ3) is 2.39. The molecule has 0 saturated carbocycles. The lowest BCUT2D eigenvalue weighted by Crippen LogP contribution is -2.26. The molecule has 1 rings (SSSR count). The van der Waals surface area contributed by atoms with Crippen LogP contribution in [0.4, 0.5) is 10.5 Å². The average molecular weight is 195 g/mol. The lowest BCUT2D eigenvalue weighted by atomic mass is 10.3. The first-order chi connectivity index (χ1) is 6.65. The molecule has 0 atom stereocenters. The van der Waals surface area contributed by atoms with Crippen LogP contribution in [0.1, 0.15) is 6.92 Å². The van der Waals surface area contributed by atoms with Gasteiger partial charge in [0.25, 0.3) is 0 Å². The van der Waals surface area contributed by atoms with Crippen molar-refractivity contribution < 1.29 is 14.6 Å². The van der Waals surface area contributed by atoms with E-state index in [0.717, 1.165) is 0 Å². The van der Waals surface area contributed by atoms with Gasteiger partial charge < -0.3 is 9.84 Å².